The molecule has 2 nitrogen and oxygen atoms in total. The van der Waals surface area contributed by atoms with Gasteiger partial charge in [-0.2, -0.15) is 0 Å². The van der Waals surface area contributed by atoms with Crippen molar-refractivity contribution in [3.05, 3.63) is 29.8 Å². The second kappa shape index (κ2) is 8.66. The molecule has 0 unspecified atom stereocenters. The van der Waals surface area contributed by atoms with Gasteiger partial charge in [-0.15, -0.1) is 11.8 Å². The normalized spacial score (nSPS) is 9.53. The van der Waals surface area contributed by atoms with Crippen LogP contribution in [0.1, 0.15) is 38.2 Å². The maximum absolute atomic E-state index is 5.63. The van der Waals surface area contributed by atoms with Crippen LogP contribution in [0.3, 0.4) is 0 Å². The molecule has 2 heteroatoms. The number of ether oxygens (including phenoxy) is 1. The van der Waals surface area contributed by atoms with Crippen LogP contribution in [0.4, 0.5) is 0 Å². The van der Waals surface area contributed by atoms with E-state index in [1.165, 1.54) is 0 Å². The molecule has 17 heavy (non-hydrogen) atoms. The molecule has 0 saturated carbocycles. The lowest BCUT2D eigenvalue weighted by Crippen LogP contribution is -1.99. The highest BCUT2D eigenvalue weighted by Crippen LogP contribution is 2.13. The molecule has 92 valence electrons. The first kappa shape index (κ1) is 13.6. The maximum Gasteiger partial charge on any atom is 0.119 e. The fourth-order valence-electron chi connectivity index (χ4n) is 1.41. The highest BCUT2D eigenvalue weighted by Gasteiger charge is 1.94. The van der Waals surface area contributed by atoms with E-state index in [1.807, 2.05) is 24.3 Å². The number of hydrogen-bond donors (Lipinski definition) is 1. The zero-order valence-corrected chi connectivity index (χ0v) is 10.5. The van der Waals surface area contributed by atoms with E-state index >= 15 is 0 Å². The van der Waals surface area contributed by atoms with E-state index in [0.717, 1.165) is 43.6 Å². The molecule has 1 aromatic carbocycles. The Hall–Kier alpha value is -1.46. The highest BCUT2D eigenvalue weighted by molar-refractivity contribution is 5.28. The van der Waals surface area contributed by atoms with Crippen LogP contribution in [0, 0.1) is 11.8 Å². The van der Waals surface area contributed by atoms with Crippen LogP contribution < -0.4 is 10.5 Å². The van der Waals surface area contributed by atoms with Crippen LogP contribution in [0.15, 0.2) is 24.3 Å². The Morgan fingerprint density at radius 2 is 2.06 bits per heavy atom. The van der Waals surface area contributed by atoms with Crippen molar-refractivity contribution in [2.75, 3.05) is 6.61 Å². The molecule has 0 spiro atoms. The van der Waals surface area contributed by atoms with Crippen molar-refractivity contribution in [3.63, 3.8) is 0 Å². The Balaban J connectivity index is 2.20. The number of unbranched alkanes of at least 4 members (excludes halogenated alkanes) is 2. The summed E-state index contributed by atoms with van der Waals surface area (Å²) in [6, 6.07) is 7.92. The van der Waals surface area contributed by atoms with E-state index in [2.05, 4.69) is 18.8 Å². The van der Waals surface area contributed by atoms with Crippen molar-refractivity contribution < 1.29 is 4.74 Å². The van der Waals surface area contributed by atoms with Crippen LogP contribution in [-0.2, 0) is 6.54 Å². The SMILES string of the molecule is CCCC#CCCCOc1cccc(CN)c1. The molecule has 0 bridgehead atoms. The van der Waals surface area contributed by atoms with E-state index < -0.39 is 0 Å². The molecule has 1 aromatic rings. The van der Waals surface area contributed by atoms with Crippen molar-refractivity contribution in [2.24, 2.45) is 5.73 Å². The lowest BCUT2D eigenvalue weighted by atomic mass is 10.2. The summed E-state index contributed by atoms with van der Waals surface area (Å²) in [6.45, 7) is 3.41. The van der Waals surface area contributed by atoms with Gasteiger partial charge < -0.3 is 10.5 Å². The molecule has 0 heterocycles. The van der Waals surface area contributed by atoms with Gasteiger partial charge in [0.1, 0.15) is 5.75 Å². The van der Waals surface area contributed by atoms with E-state index in [9.17, 15) is 0 Å². The van der Waals surface area contributed by atoms with Gasteiger partial charge in [0.25, 0.3) is 0 Å². The summed E-state index contributed by atoms with van der Waals surface area (Å²) in [5.41, 5.74) is 6.67. The van der Waals surface area contributed by atoms with Gasteiger partial charge in [-0.1, -0.05) is 19.1 Å². The molecular formula is C15H21NO. The van der Waals surface area contributed by atoms with Gasteiger partial charge in [0, 0.05) is 19.4 Å². The fourth-order valence-corrected chi connectivity index (χ4v) is 1.41. The molecule has 0 amide bonds. The minimum Gasteiger partial charge on any atom is -0.494 e. The Labute approximate surface area is 104 Å². The van der Waals surface area contributed by atoms with Crippen LogP contribution in [0.25, 0.3) is 0 Å². The van der Waals surface area contributed by atoms with E-state index in [0.29, 0.717) is 6.54 Å². The molecule has 0 fully saturated rings. The standard InChI is InChI=1S/C15H21NO/c1-2-3-4-5-6-7-11-17-15-10-8-9-14(12-15)13-16/h8-10,12H,2-3,6-7,11,13,16H2,1H3. The largest absolute Gasteiger partial charge is 0.494 e. The smallest absolute Gasteiger partial charge is 0.119 e. The van der Waals surface area contributed by atoms with Crippen molar-refractivity contribution in [1.29, 1.82) is 0 Å². The van der Waals surface area contributed by atoms with Gasteiger partial charge in [-0.05, 0) is 30.5 Å². The van der Waals surface area contributed by atoms with Gasteiger partial charge in [0.05, 0.1) is 6.61 Å². The van der Waals surface area contributed by atoms with Crippen LogP contribution >= 0.6 is 0 Å². The van der Waals surface area contributed by atoms with Gasteiger partial charge in [-0.25, -0.2) is 0 Å². The molecular weight excluding hydrogens is 210 g/mol. The summed E-state index contributed by atoms with van der Waals surface area (Å²) in [7, 11) is 0. The lowest BCUT2D eigenvalue weighted by molar-refractivity contribution is 0.312. The average Bonchev–Trinajstić information content (AvgIpc) is 2.38. The van der Waals surface area contributed by atoms with E-state index in [4.69, 9.17) is 10.5 Å². The van der Waals surface area contributed by atoms with E-state index in [1.54, 1.807) is 0 Å². The summed E-state index contributed by atoms with van der Waals surface area (Å²) in [4.78, 5) is 0. The highest BCUT2D eigenvalue weighted by atomic mass is 16.5. The number of rotatable bonds is 6. The summed E-state index contributed by atoms with van der Waals surface area (Å²) >= 11 is 0. The summed E-state index contributed by atoms with van der Waals surface area (Å²) in [5.74, 6) is 7.17. The summed E-state index contributed by atoms with van der Waals surface area (Å²) in [6.07, 6.45) is 4.02. The second-order valence-corrected chi connectivity index (χ2v) is 3.91. The molecule has 0 aliphatic rings. The first-order valence-corrected chi connectivity index (χ1v) is 6.24. The molecule has 0 radical (unpaired) electrons. The Kier molecular flexibility index (Phi) is 6.93. The van der Waals surface area contributed by atoms with Gasteiger partial charge >= 0.3 is 0 Å². The number of benzene rings is 1. The molecule has 0 saturated heterocycles. The van der Waals surface area contributed by atoms with E-state index in [-0.39, 0.29) is 0 Å². The molecule has 2 N–H and O–H groups in total. The van der Waals surface area contributed by atoms with Crippen molar-refractivity contribution in [1.82, 2.24) is 0 Å². The Morgan fingerprint density at radius 3 is 2.82 bits per heavy atom. The second-order valence-electron chi connectivity index (χ2n) is 3.91. The van der Waals surface area contributed by atoms with Crippen LogP contribution in [0.2, 0.25) is 0 Å². The van der Waals surface area contributed by atoms with Crippen molar-refractivity contribution in [2.45, 2.75) is 39.2 Å². The molecule has 1 rings (SSSR count). The van der Waals surface area contributed by atoms with Crippen molar-refractivity contribution in [3.8, 4) is 17.6 Å². The van der Waals surface area contributed by atoms with Crippen LogP contribution in [-0.4, -0.2) is 6.61 Å². The molecule has 0 atom stereocenters. The monoisotopic (exact) mass is 231 g/mol. The van der Waals surface area contributed by atoms with Gasteiger partial charge in [-0.3, -0.25) is 0 Å². The summed E-state index contributed by atoms with van der Waals surface area (Å²) < 4.78 is 5.63. The number of hydrogen-bond acceptors (Lipinski definition) is 2. The summed E-state index contributed by atoms with van der Waals surface area (Å²) in [5, 5.41) is 0. The predicted molar refractivity (Wildman–Crippen MR) is 71.7 cm³/mol. The third-order valence-electron chi connectivity index (χ3n) is 2.35. The van der Waals surface area contributed by atoms with Gasteiger partial charge in [0.2, 0.25) is 0 Å². The average molecular weight is 231 g/mol. The maximum atomic E-state index is 5.63. The third-order valence-corrected chi connectivity index (χ3v) is 2.35. The zero-order valence-electron chi connectivity index (χ0n) is 10.5. The van der Waals surface area contributed by atoms with Gasteiger partial charge in [0.15, 0.2) is 0 Å². The topological polar surface area (TPSA) is 35.2 Å². The lowest BCUT2D eigenvalue weighted by Gasteiger charge is -2.05. The van der Waals surface area contributed by atoms with Crippen LogP contribution in [0.5, 0.6) is 5.75 Å². The molecule has 0 aliphatic heterocycles. The first-order valence-electron chi connectivity index (χ1n) is 6.24. The van der Waals surface area contributed by atoms with Crippen molar-refractivity contribution >= 4 is 0 Å². The third kappa shape index (κ3) is 5.99. The first-order chi connectivity index (χ1) is 8.36. The Bertz CT molecular complexity index is 376. The fraction of sp³-hybridized carbons (Fsp3) is 0.467. The minimum atomic E-state index is 0.555. The quantitative estimate of drug-likeness (QED) is 0.603. The Morgan fingerprint density at radius 1 is 1.24 bits per heavy atom. The predicted octanol–water partition coefficient (Wildman–Crippen LogP) is 3.11. The number of nitrogens with two attached hydrogens (primary N) is 1. The molecule has 0 aromatic heterocycles. The molecule has 0 aliphatic carbocycles. The minimum absolute atomic E-state index is 0.555. The zero-order chi connectivity index (χ0) is 12.3.